The lowest BCUT2D eigenvalue weighted by atomic mass is 10.2. The average Bonchev–Trinajstić information content (AvgIpc) is 2.21. The van der Waals surface area contributed by atoms with Gasteiger partial charge >= 0.3 is 0 Å². The van der Waals surface area contributed by atoms with Crippen molar-refractivity contribution < 1.29 is 9.59 Å². The van der Waals surface area contributed by atoms with Gasteiger partial charge in [-0.3, -0.25) is 9.59 Å². The molecule has 0 aliphatic carbocycles. The Bertz CT molecular complexity index is 219. The van der Waals surface area contributed by atoms with E-state index >= 15 is 0 Å². The summed E-state index contributed by atoms with van der Waals surface area (Å²) < 4.78 is 0. The second-order valence-electron chi connectivity index (χ2n) is 3.77. The van der Waals surface area contributed by atoms with Crippen LogP contribution in [0.15, 0.2) is 0 Å². The van der Waals surface area contributed by atoms with Gasteiger partial charge in [-0.2, -0.15) is 0 Å². The van der Waals surface area contributed by atoms with Crippen LogP contribution in [0.5, 0.6) is 0 Å². The highest BCUT2D eigenvalue weighted by Crippen LogP contribution is 2.09. The van der Waals surface area contributed by atoms with Gasteiger partial charge in [0, 0.05) is 13.6 Å². The van der Waals surface area contributed by atoms with E-state index in [2.05, 4.69) is 10.6 Å². The molecule has 0 aromatic carbocycles. The predicted molar refractivity (Wildman–Crippen MR) is 63.8 cm³/mol. The molecule has 88 valence electrons. The summed E-state index contributed by atoms with van der Waals surface area (Å²) in [5.74, 6) is 0.721. The lowest BCUT2D eigenvalue weighted by molar-refractivity contribution is -0.120. The highest BCUT2D eigenvalue weighted by molar-refractivity contribution is 8.01. The molecule has 2 N–H and O–H groups in total. The molecule has 0 aliphatic rings. The van der Waals surface area contributed by atoms with Crippen molar-refractivity contribution in [3.63, 3.8) is 0 Å². The number of carbonyl (C=O) groups excluding carboxylic acids is 2. The van der Waals surface area contributed by atoms with Gasteiger partial charge in [0.2, 0.25) is 11.8 Å². The molecule has 0 aromatic rings. The molecule has 0 fully saturated rings. The Kier molecular flexibility index (Phi) is 7.21. The summed E-state index contributed by atoms with van der Waals surface area (Å²) in [6.45, 7) is 6.58. The third-order valence-corrected chi connectivity index (χ3v) is 2.94. The first kappa shape index (κ1) is 14.3. The van der Waals surface area contributed by atoms with Crippen LogP contribution in [-0.4, -0.2) is 36.4 Å². The minimum atomic E-state index is -0.180. The van der Waals surface area contributed by atoms with Gasteiger partial charge in [-0.05, 0) is 12.8 Å². The van der Waals surface area contributed by atoms with Gasteiger partial charge in [0.15, 0.2) is 0 Å². The number of nitrogens with one attached hydrogen (secondary N) is 2. The largest absolute Gasteiger partial charge is 0.358 e. The van der Waals surface area contributed by atoms with Crippen LogP contribution in [0.4, 0.5) is 0 Å². The molecule has 4 nitrogen and oxygen atoms in total. The minimum Gasteiger partial charge on any atom is -0.358 e. The van der Waals surface area contributed by atoms with Gasteiger partial charge in [0.05, 0.1) is 11.0 Å². The van der Waals surface area contributed by atoms with E-state index in [0.717, 1.165) is 0 Å². The standard InChI is InChI=1S/C10H20N2O2S/c1-7(2)5-12-10(14)8(3)15-6-9(13)11-4/h7-8H,5-6H2,1-4H3,(H,11,13)(H,12,14)/t8-/m1/s1. The normalized spacial score (nSPS) is 12.3. The second-order valence-corrected chi connectivity index (χ2v) is 5.09. The number of hydrogen-bond donors (Lipinski definition) is 2. The molecule has 2 amide bonds. The summed E-state index contributed by atoms with van der Waals surface area (Å²) in [5.41, 5.74) is 0. The molecule has 0 unspecified atom stereocenters. The lowest BCUT2D eigenvalue weighted by Crippen LogP contribution is -2.34. The fourth-order valence-corrected chi connectivity index (χ4v) is 1.58. The summed E-state index contributed by atoms with van der Waals surface area (Å²) in [7, 11) is 1.59. The van der Waals surface area contributed by atoms with Crippen molar-refractivity contribution >= 4 is 23.6 Å². The van der Waals surface area contributed by atoms with E-state index in [9.17, 15) is 9.59 Å². The highest BCUT2D eigenvalue weighted by atomic mass is 32.2. The fraction of sp³-hybridized carbons (Fsp3) is 0.800. The fourth-order valence-electron chi connectivity index (χ4n) is 0.797. The van der Waals surface area contributed by atoms with Crippen molar-refractivity contribution in [2.24, 2.45) is 5.92 Å². The van der Waals surface area contributed by atoms with E-state index in [0.29, 0.717) is 18.2 Å². The van der Waals surface area contributed by atoms with Crippen LogP contribution in [0.1, 0.15) is 20.8 Å². The maximum Gasteiger partial charge on any atom is 0.232 e. The van der Waals surface area contributed by atoms with E-state index in [1.165, 1.54) is 11.8 Å². The summed E-state index contributed by atoms with van der Waals surface area (Å²) in [4.78, 5) is 22.4. The van der Waals surface area contributed by atoms with Crippen molar-refractivity contribution in [3.05, 3.63) is 0 Å². The van der Waals surface area contributed by atoms with Crippen molar-refractivity contribution in [2.75, 3.05) is 19.3 Å². The summed E-state index contributed by atoms with van der Waals surface area (Å²) in [6, 6.07) is 0. The zero-order chi connectivity index (χ0) is 11.8. The van der Waals surface area contributed by atoms with Gasteiger partial charge in [0.25, 0.3) is 0 Å². The maximum absolute atomic E-state index is 11.5. The van der Waals surface area contributed by atoms with Crippen LogP contribution in [0, 0.1) is 5.92 Å². The van der Waals surface area contributed by atoms with Crippen LogP contribution in [0.2, 0.25) is 0 Å². The molecular weight excluding hydrogens is 212 g/mol. The molecule has 15 heavy (non-hydrogen) atoms. The Labute approximate surface area is 95.6 Å². The Morgan fingerprint density at radius 2 is 1.87 bits per heavy atom. The zero-order valence-corrected chi connectivity index (χ0v) is 10.6. The molecule has 0 aliphatic heterocycles. The molecule has 5 heteroatoms. The molecule has 0 radical (unpaired) electrons. The van der Waals surface area contributed by atoms with Gasteiger partial charge in [-0.1, -0.05) is 13.8 Å². The number of hydrogen-bond acceptors (Lipinski definition) is 3. The second kappa shape index (κ2) is 7.56. The topological polar surface area (TPSA) is 58.2 Å². The van der Waals surface area contributed by atoms with E-state index in [-0.39, 0.29) is 17.1 Å². The van der Waals surface area contributed by atoms with Crippen molar-refractivity contribution in [1.82, 2.24) is 10.6 Å². The average molecular weight is 232 g/mol. The van der Waals surface area contributed by atoms with Crippen LogP contribution in [0.25, 0.3) is 0 Å². The Morgan fingerprint density at radius 1 is 1.27 bits per heavy atom. The Morgan fingerprint density at radius 3 is 2.33 bits per heavy atom. The quantitative estimate of drug-likeness (QED) is 0.706. The van der Waals surface area contributed by atoms with Gasteiger partial charge in [-0.15, -0.1) is 11.8 Å². The first-order chi connectivity index (χ1) is 6.97. The number of rotatable bonds is 6. The first-order valence-electron chi connectivity index (χ1n) is 5.07. The molecule has 0 rings (SSSR count). The first-order valence-corrected chi connectivity index (χ1v) is 6.12. The summed E-state index contributed by atoms with van der Waals surface area (Å²) >= 11 is 1.34. The molecule has 0 spiro atoms. The highest BCUT2D eigenvalue weighted by Gasteiger charge is 2.14. The van der Waals surface area contributed by atoms with Crippen LogP contribution < -0.4 is 10.6 Å². The number of amides is 2. The molecule has 1 atom stereocenters. The lowest BCUT2D eigenvalue weighted by Gasteiger charge is -2.12. The summed E-state index contributed by atoms with van der Waals surface area (Å²) in [5, 5.41) is 5.17. The third-order valence-electron chi connectivity index (χ3n) is 1.80. The molecular formula is C10H20N2O2S. The molecule has 0 bridgehead atoms. The molecule has 0 saturated heterocycles. The van der Waals surface area contributed by atoms with E-state index < -0.39 is 0 Å². The third kappa shape index (κ3) is 7.25. The zero-order valence-electron chi connectivity index (χ0n) is 9.79. The predicted octanol–water partition coefficient (Wildman–Crippen LogP) is 0.626. The van der Waals surface area contributed by atoms with Crippen LogP contribution >= 0.6 is 11.8 Å². The number of carbonyl (C=O) groups is 2. The minimum absolute atomic E-state index is 0.00222. The molecule has 0 aromatic heterocycles. The van der Waals surface area contributed by atoms with Crippen molar-refractivity contribution in [1.29, 1.82) is 0 Å². The Balaban J connectivity index is 3.74. The van der Waals surface area contributed by atoms with E-state index in [1.54, 1.807) is 7.05 Å². The SMILES string of the molecule is CNC(=O)CS[C@H](C)C(=O)NCC(C)C. The van der Waals surface area contributed by atoms with Crippen molar-refractivity contribution in [2.45, 2.75) is 26.0 Å². The van der Waals surface area contributed by atoms with E-state index in [4.69, 9.17) is 0 Å². The van der Waals surface area contributed by atoms with Crippen molar-refractivity contribution in [3.8, 4) is 0 Å². The van der Waals surface area contributed by atoms with Gasteiger partial charge in [0.1, 0.15) is 0 Å². The number of thioether (sulfide) groups is 1. The smallest absolute Gasteiger partial charge is 0.232 e. The summed E-state index contributed by atoms with van der Waals surface area (Å²) in [6.07, 6.45) is 0. The van der Waals surface area contributed by atoms with Crippen LogP contribution in [-0.2, 0) is 9.59 Å². The molecule has 0 heterocycles. The Hall–Kier alpha value is -0.710. The molecule has 0 saturated carbocycles. The monoisotopic (exact) mass is 232 g/mol. The maximum atomic E-state index is 11.5. The van der Waals surface area contributed by atoms with E-state index in [1.807, 2.05) is 20.8 Å². The van der Waals surface area contributed by atoms with Gasteiger partial charge < -0.3 is 10.6 Å². The van der Waals surface area contributed by atoms with Gasteiger partial charge in [-0.25, -0.2) is 0 Å². The van der Waals surface area contributed by atoms with Crippen LogP contribution in [0.3, 0.4) is 0 Å².